The number of rotatable bonds is 7. The highest BCUT2D eigenvalue weighted by molar-refractivity contribution is 5.97. The van der Waals surface area contributed by atoms with Crippen molar-refractivity contribution in [3.05, 3.63) is 23.4 Å². The number of pyridine rings is 1. The summed E-state index contributed by atoms with van der Waals surface area (Å²) in [6.45, 7) is 11.2. The molecule has 3 atom stereocenters. The number of ether oxygens (including phenoxy) is 1. The molecule has 182 valence electrons. The minimum absolute atomic E-state index is 0.0927. The highest BCUT2D eigenvalue weighted by atomic mass is 16.5. The molecule has 0 aliphatic carbocycles. The van der Waals surface area contributed by atoms with Gasteiger partial charge in [-0.25, -0.2) is 9.78 Å². The average Bonchev–Trinajstić information content (AvgIpc) is 2.79. The number of likely N-dealkylation sites (N-methyl/N-ethyl adjacent to an activating group) is 1. The van der Waals surface area contributed by atoms with Crippen LogP contribution in [0.5, 0.6) is 5.88 Å². The molecule has 0 bridgehead atoms. The second kappa shape index (κ2) is 12.4. The van der Waals surface area contributed by atoms with Crippen LogP contribution in [0.25, 0.3) is 0 Å². The van der Waals surface area contributed by atoms with E-state index in [-0.39, 0.29) is 42.5 Å². The molecule has 1 aliphatic heterocycles. The van der Waals surface area contributed by atoms with E-state index >= 15 is 0 Å². The molecular formula is C25H38N4O4. The fraction of sp³-hybridized carbons (Fsp3) is 0.640. The lowest BCUT2D eigenvalue weighted by Gasteiger charge is -2.37. The lowest BCUT2D eigenvalue weighted by atomic mass is 10.00. The first-order chi connectivity index (χ1) is 15.7. The Hall–Kier alpha value is -2.79. The third-order valence-electron chi connectivity index (χ3n) is 5.59. The maximum Gasteiger partial charge on any atom is 0.317 e. The largest absolute Gasteiger partial charge is 0.472 e. The molecule has 2 N–H and O–H groups in total. The Labute approximate surface area is 197 Å². The quantitative estimate of drug-likeness (QED) is 0.613. The summed E-state index contributed by atoms with van der Waals surface area (Å²) in [6.07, 6.45) is 2.83. The Bertz CT molecular complexity index is 877. The topological polar surface area (TPSA) is 95.0 Å². The molecule has 0 spiro atoms. The van der Waals surface area contributed by atoms with Crippen LogP contribution in [0.15, 0.2) is 12.3 Å². The van der Waals surface area contributed by atoms with E-state index in [1.807, 2.05) is 20.8 Å². The summed E-state index contributed by atoms with van der Waals surface area (Å²) >= 11 is 0. The zero-order chi connectivity index (χ0) is 24.5. The molecule has 1 aliphatic rings. The van der Waals surface area contributed by atoms with Gasteiger partial charge in [0.25, 0.3) is 5.91 Å². The highest BCUT2D eigenvalue weighted by Gasteiger charge is 2.34. The normalized spacial score (nSPS) is 18.9. The number of hydrogen-bond donors (Lipinski definition) is 2. The molecule has 33 heavy (non-hydrogen) atoms. The van der Waals surface area contributed by atoms with Gasteiger partial charge in [0.1, 0.15) is 11.7 Å². The van der Waals surface area contributed by atoms with Crippen LogP contribution >= 0.6 is 0 Å². The first-order valence-electron chi connectivity index (χ1n) is 11.7. The summed E-state index contributed by atoms with van der Waals surface area (Å²) in [6, 6.07) is 1.17. The van der Waals surface area contributed by atoms with Gasteiger partial charge in [0.05, 0.1) is 19.2 Å². The van der Waals surface area contributed by atoms with Crippen molar-refractivity contribution in [1.82, 2.24) is 20.1 Å². The van der Waals surface area contributed by atoms with Gasteiger partial charge in [0, 0.05) is 44.2 Å². The third kappa shape index (κ3) is 7.36. The minimum atomic E-state index is -0.381. The van der Waals surface area contributed by atoms with Gasteiger partial charge in [0.2, 0.25) is 5.88 Å². The van der Waals surface area contributed by atoms with Crippen LogP contribution in [-0.2, 0) is 0 Å². The van der Waals surface area contributed by atoms with Gasteiger partial charge in [0.15, 0.2) is 0 Å². The van der Waals surface area contributed by atoms with Crippen molar-refractivity contribution >= 4 is 11.9 Å². The van der Waals surface area contributed by atoms with Gasteiger partial charge < -0.3 is 25.0 Å². The zero-order valence-electron chi connectivity index (χ0n) is 20.7. The van der Waals surface area contributed by atoms with Crippen molar-refractivity contribution in [2.24, 2.45) is 11.8 Å². The Morgan fingerprint density at radius 1 is 1.42 bits per heavy atom. The maximum absolute atomic E-state index is 13.4. The first kappa shape index (κ1) is 26.5. The summed E-state index contributed by atoms with van der Waals surface area (Å²) in [5.41, 5.74) is 0.964. The first-order valence-corrected chi connectivity index (χ1v) is 11.7. The third-order valence-corrected chi connectivity index (χ3v) is 5.59. The molecule has 0 unspecified atom stereocenters. The number of fused-ring (bicyclic) bond motifs is 1. The molecule has 1 aromatic heterocycles. The second-order valence-corrected chi connectivity index (χ2v) is 9.21. The van der Waals surface area contributed by atoms with Gasteiger partial charge in [-0.15, -0.1) is 0 Å². The molecule has 0 aromatic carbocycles. The number of carbonyl (C=O) groups is 2. The molecule has 8 nitrogen and oxygen atoms in total. The summed E-state index contributed by atoms with van der Waals surface area (Å²) in [7, 11) is 1.72. The number of aromatic nitrogens is 1. The molecule has 2 heterocycles. The van der Waals surface area contributed by atoms with E-state index in [9.17, 15) is 14.7 Å². The standard InChI is InChI=1S/C25H38N4O4/c1-7-11-26-25(32)28(6)15-22-18(4)14-29(19(5)16-30)24(31)21-12-20(10-8-9-17(2)3)13-27-23(21)33-22/h12-13,17-19,22,30H,7,9,11,14-16H2,1-6H3,(H,26,32)/t18-,19+,22-/m0/s1. The average molecular weight is 459 g/mol. The van der Waals surface area contributed by atoms with Crippen molar-refractivity contribution < 1.29 is 19.4 Å². The van der Waals surface area contributed by atoms with E-state index in [0.29, 0.717) is 36.7 Å². The van der Waals surface area contributed by atoms with Crippen molar-refractivity contribution in [3.8, 4) is 17.7 Å². The van der Waals surface area contributed by atoms with E-state index in [1.54, 1.807) is 29.1 Å². The van der Waals surface area contributed by atoms with E-state index in [2.05, 4.69) is 36.0 Å². The van der Waals surface area contributed by atoms with Crippen LogP contribution in [0.4, 0.5) is 4.79 Å². The molecule has 8 heteroatoms. The molecule has 0 saturated carbocycles. The van der Waals surface area contributed by atoms with E-state index in [4.69, 9.17) is 4.74 Å². The van der Waals surface area contributed by atoms with E-state index in [1.165, 1.54) is 0 Å². The zero-order valence-corrected chi connectivity index (χ0v) is 20.7. The number of nitrogens with zero attached hydrogens (tertiary/aromatic N) is 3. The van der Waals surface area contributed by atoms with Gasteiger partial charge in [-0.05, 0) is 25.3 Å². The summed E-state index contributed by atoms with van der Waals surface area (Å²) in [5.74, 6) is 6.54. The maximum atomic E-state index is 13.4. The minimum Gasteiger partial charge on any atom is -0.472 e. The van der Waals surface area contributed by atoms with E-state index in [0.717, 1.165) is 12.8 Å². The molecule has 1 aromatic rings. The summed E-state index contributed by atoms with van der Waals surface area (Å²) in [5, 5.41) is 12.6. The van der Waals surface area contributed by atoms with Gasteiger partial charge >= 0.3 is 6.03 Å². The lowest BCUT2D eigenvalue weighted by Crippen LogP contribution is -2.51. The SMILES string of the molecule is CCCNC(=O)N(C)C[C@@H]1Oc2ncc(C#CCC(C)C)cc2C(=O)N([C@H](C)CO)C[C@@H]1C. The highest BCUT2D eigenvalue weighted by Crippen LogP contribution is 2.27. The fourth-order valence-electron chi connectivity index (χ4n) is 3.47. The number of urea groups is 1. The van der Waals surface area contributed by atoms with Crippen molar-refractivity contribution in [3.63, 3.8) is 0 Å². The Kier molecular flexibility index (Phi) is 9.98. The Morgan fingerprint density at radius 3 is 2.79 bits per heavy atom. The summed E-state index contributed by atoms with van der Waals surface area (Å²) < 4.78 is 6.21. The van der Waals surface area contributed by atoms with Crippen LogP contribution in [0.1, 0.15) is 63.4 Å². The van der Waals surface area contributed by atoms with Gasteiger partial charge in [-0.3, -0.25) is 4.79 Å². The predicted molar refractivity (Wildman–Crippen MR) is 128 cm³/mol. The number of nitrogens with one attached hydrogen (secondary N) is 1. The molecule has 0 fully saturated rings. The molecule has 0 radical (unpaired) electrons. The van der Waals surface area contributed by atoms with Gasteiger partial charge in [-0.2, -0.15) is 0 Å². The number of carbonyl (C=O) groups excluding carboxylic acids is 2. The van der Waals surface area contributed by atoms with Crippen molar-refractivity contribution in [1.29, 1.82) is 0 Å². The van der Waals surface area contributed by atoms with Crippen LogP contribution in [0.2, 0.25) is 0 Å². The molecule has 2 rings (SSSR count). The van der Waals surface area contributed by atoms with Crippen molar-refractivity contribution in [2.75, 3.05) is 33.3 Å². The molecule has 0 saturated heterocycles. The Morgan fingerprint density at radius 2 is 2.15 bits per heavy atom. The van der Waals surface area contributed by atoms with Gasteiger partial charge in [-0.1, -0.05) is 39.5 Å². The van der Waals surface area contributed by atoms with E-state index < -0.39 is 0 Å². The number of aliphatic hydroxyl groups excluding tert-OH is 1. The molecular weight excluding hydrogens is 420 g/mol. The molecule has 3 amide bonds. The predicted octanol–water partition coefficient (Wildman–Crippen LogP) is 2.75. The van der Waals surface area contributed by atoms with Crippen LogP contribution in [0.3, 0.4) is 0 Å². The monoisotopic (exact) mass is 458 g/mol. The number of amides is 3. The smallest absolute Gasteiger partial charge is 0.317 e. The van der Waals surface area contributed by atoms with Crippen LogP contribution in [0, 0.1) is 23.7 Å². The number of aliphatic hydroxyl groups is 1. The lowest BCUT2D eigenvalue weighted by molar-refractivity contribution is 0.0352. The fourth-order valence-corrected chi connectivity index (χ4v) is 3.47. The number of hydrogen-bond acceptors (Lipinski definition) is 5. The van der Waals surface area contributed by atoms with Crippen LogP contribution < -0.4 is 10.1 Å². The van der Waals surface area contributed by atoms with Crippen LogP contribution in [-0.4, -0.2) is 77.3 Å². The van der Waals surface area contributed by atoms with Crippen molar-refractivity contribution in [2.45, 2.75) is 59.6 Å². The Balaban J connectivity index is 2.38. The summed E-state index contributed by atoms with van der Waals surface area (Å²) in [4.78, 5) is 33.4. The second-order valence-electron chi connectivity index (χ2n) is 9.21.